The normalized spacial score (nSPS) is 20.4. The first-order chi connectivity index (χ1) is 8.40. The monoisotopic (exact) mass is 252 g/mol. The van der Waals surface area contributed by atoms with Gasteiger partial charge in [0.15, 0.2) is 0 Å². The van der Waals surface area contributed by atoms with Crippen LogP contribution in [0.5, 0.6) is 0 Å². The smallest absolute Gasteiger partial charge is 0.119 e. The maximum absolute atomic E-state index is 4.37. The molecular weight excluding hydrogens is 232 g/mol. The quantitative estimate of drug-likeness (QED) is 0.776. The SMILES string of the molecule is CSc1nccnc1CNC[C@H]1CCCCN1. The molecular formula is C12H20N4S. The Balaban J connectivity index is 1.77. The summed E-state index contributed by atoms with van der Waals surface area (Å²) in [6, 6.07) is 0.623. The van der Waals surface area contributed by atoms with Gasteiger partial charge in [0.05, 0.1) is 5.69 Å². The van der Waals surface area contributed by atoms with E-state index in [1.807, 2.05) is 6.26 Å². The zero-order chi connectivity index (χ0) is 11.9. The van der Waals surface area contributed by atoms with E-state index >= 15 is 0 Å². The van der Waals surface area contributed by atoms with Crippen molar-refractivity contribution in [3.05, 3.63) is 18.1 Å². The topological polar surface area (TPSA) is 49.8 Å². The van der Waals surface area contributed by atoms with Crippen LogP contribution in [0.1, 0.15) is 25.0 Å². The van der Waals surface area contributed by atoms with Crippen molar-refractivity contribution in [1.29, 1.82) is 0 Å². The maximum atomic E-state index is 4.37. The first kappa shape index (κ1) is 12.8. The zero-order valence-corrected chi connectivity index (χ0v) is 11.1. The molecule has 5 heteroatoms. The van der Waals surface area contributed by atoms with Crippen molar-refractivity contribution in [1.82, 2.24) is 20.6 Å². The summed E-state index contributed by atoms with van der Waals surface area (Å²) in [5, 5.41) is 8.02. The Morgan fingerprint density at radius 1 is 1.41 bits per heavy atom. The second-order valence-corrected chi connectivity index (χ2v) is 5.08. The van der Waals surface area contributed by atoms with Gasteiger partial charge >= 0.3 is 0 Å². The highest BCUT2D eigenvalue weighted by molar-refractivity contribution is 7.98. The molecule has 0 amide bonds. The molecule has 94 valence electrons. The van der Waals surface area contributed by atoms with Gasteiger partial charge < -0.3 is 10.6 Å². The summed E-state index contributed by atoms with van der Waals surface area (Å²) in [6.45, 7) is 2.99. The Morgan fingerprint density at radius 3 is 3.06 bits per heavy atom. The first-order valence-electron chi connectivity index (χ1n) is 6.18. The first-order valence-corrected chi connectivity index (χ1v) is 7.40. The molecule has 0 radical (unpaired) electrons. The van der Waals surface area contributed by atoms with Crippen molar-refractivity contribution >= 4 is 11.8 Å². The Morgan fingerprint density at radius 2 is 2.29 bits per heavy atom. The van der Waals surface area contributed by atoms with Crippen molar-refractivity contribution in [3.63, 3.8) is 0 Å². The minimum absolute atomic E-state index is 0.623. The van der Waals surface area contributed by atoms with Gasteiger partial charge in [-0.1, -0.05) is 6.42 Å². The average molecular weight is 252 g/mol. The molecule has 1 aromatic rings. The maximum Gasteiger partial charge on any atom is 0.119 e. The van der Waals surface area contributed by atoms with Gasteiger partial charge in [-0.25, -0.2) is 4.98 Å². The number of hydrogen-bond acceptors (Lipinski definition) is 5. The van der Waals surface area contributed by atoms with Crippen LogP contribution in [0.2, 0.25) is 0 Å². The molecule has 2 heterocycles. The van der Waals surface area contributed by atoms with Crippen LogP contribution in [0, 0.1) is 0 Å². The van der Waals surface area contributed by atoms with Crippen molar-refractivity contribution in [2.75, 3.05) is 19.3 Å². The number of piperidine rings is 1. The second-order valence-electron chi connectivity index (χ2n) is 4.29. The molecule has 0 bridgehead atoms. The van der Waals surface area contributed by atoms with Crippen LogP contribution in [0.15, 0.2) is 17.4 Å². The van der Waals surface area contributed by atoms with E-state index in [9.17, 15) is 0 Å². The van der Waals surface area contributed by atoms with Crippen LogP contribution in [0.3, 0.4) is 0 Å². The van der Waals surface area contributed by atoms with Crippen LogP contribution >= 0.6 is 11.8 Å². The molecule has 0 saturated carbocycles. The van der Waals surface area contributed by atoms with E-state index in [1.54, 1.807) is 24.2 Å². The Labute approximate surface area is 107 Å². The van der Waals surface area contributed by atoms with Gasteiger partial charge in [-0.2, -0.15) is 0 Å². The molecule has 17 heavy (non-hydrogen) atoms. The van der Waals surface area contributed by atoms with Crippen LogP contribution in [-0.4, -0.2) is 35.4 Å². The summed E-state index contributed by atoms with van der Waals surface area (Å²) in [5.41, 5.74) is 1.05. The van der Waals surface area contributed by atoms with Gasteiger partial charge in [0, 0.05) is 31.5 Å². The number of thioether (sulfide) groups is 1. The highest BCUT2D eigenvalue weighted by Crippen LogP contribution is 2.14. The zero-order valence-electron chi connectivity index (χ0n) is 10.3. The van der Waals surface area contributed by atoms with Crippen LogP contribution < -0.4 is 10.6 Å². The van der Waals surface area contributed by atoms with Gasteiger partial charge in [0.2, 0.25) is 0 Å². The molecule has 1 saturated heterocycles. The molecule has 1 aliphatic heterocycles. The molecule has 1 fully saturated rings. The lowest BCUT2D eigenvalue weighted by atomic mass is 10.1. The minimum atomic E-state index is 0.623. The highest BCUT2D eigenvalue weighted by atomic mass is 32.2. The van der Waals surface area contributed by atoms with Crippen LogP contribution in [0.4, 0.5) is 0 Å². The highest BCUT2D eigenvalue weighted by Gasteiger charge is 2.12. The molecule has 0 spiro atoms. The molecule has 1 aliphatic rings. The van der Waals surface area contributed by atoms with Gasteiger partial charge in [-0.15, -0.1) is 11.8 Å². The van der Waals surface area contributed by atoms with Crippen molar-refractivity contribution in [2.45, 2.75) is 36.9 Å². The fraction of sp³-hybridized carbons (Fsp3) is 0.667. The summed E-state index contributed by atoms with van der Waals surface area (Å²) in [5.74, 6) is 0. The fourth-order valence-electron chi connectivity index (χ4n) is 2.11. The van der Waals surface area contributed by atoms with Gasteiger partial charge in [-0.3, -0.25) is 4.98 Å². The summed E-state index contributed by atoms with van der Waals surface area (Å²) in [7, 11) is 0. The summed E-state index contributed by atoms with van der Waals surface area (Å²) in [4.78, 5) is 8.67. The van der Waals surface area contributed by atoms with Crippen LogP contribution in [-0.2, 0) is 6.54 Å². The lowest BCUT2D eigenvalue weighted by molar-refractivity contribution is 0.382. The molecule has 0 aliphatic carbocycles. The number of hydrogen-bond donors (Lipinski definition) is 2. The van der Waals surface area contributed by atoms with E-state index in [1.165, 1.54) is 19.3 Å². The van der Waals surface area contributed by atoms with Crippen molar-refractivity contribution in [3.8, 4) is 0 Å². The standard InChI is InChI=1S/C12H20N4S/c1-17-12-11(15-6-7-16-12)9-13-8-10-4-2-3-5-14-10/h6-7,10,13-14H,2-5,8-9H2,1H3/t10-/m1/s1. The van der Waals surface area contributed by atoms with E-state index in [4.69, 9.17) is 0 Å². The van der Waals surface area contributed by atoms with E-state index < -0.39 is 0 Å². The van der Waals surface area contributed by atoms with E-state index in [-0.39, 0.29) is 0 Å². The van der Waals surface area contributed by atoms with Crippen LogP contribution in [0.25, 0.3) is 0 Å². The third-order valence-electron chi connectivity index (χ3n) is 3.02. The molecule has 1 aromatic heterocycles. The molecule has 4 nitrogen and oxygen atoms in total. The Kier molecular flexibility index (Phi) is 5.22. The second kappa shape index (κ2) is 6.93. The van der Waals surface area contributed by atoms with E-state index in [2.05, 4.69) is 20.6 Å². The summed E-state index contributed by atoms with van der Waals surface area (Å²) in [6.07, 6.45) is 9.49. The molecule has 0 unspecified atom stereocenters. The lowest BCUT2D eigenvalue weighted by Gasteiger charge is -2.23. The van der Waals surface area contributed by atoms with E-state index in [0.717, 1.165) is 30.4 Å². The van der Waals surface area contributed by atoms with Gasteiger partial charge in [0.25, 0.3) is 0 Å². The van der Waals surface area contributed by atoms with Gasteiger partial charge in [0.1, 0.15) is 5.03 Å². The van der Waals surface area contributed by atoms with Crippen molar-refractivity contribution < 1.29 is 0 Å². The van der Waals surface area contributed by atoms with Gasteiger partial charge in [-0.05, 0) is 25.6 Å². The molecule has 0 aromatic carbocycles. The third-order valence-corrected chi connectivity index (χ3v) is 3.75. The number of aromatic nitrogens is 2. The molecule has 2 N–H and O–H groups in total. The Bertz CT molecular complexity index is 339. The third kappa shape index (κ3) is 3.94. The van der Waals surface area contributed by atoms with Crippen molar-refractivity contribution in [2.24, 2.45) is 0 Å². The fourth-order valence-corrected chi connectivity index (χ4v) is 2.64. The predicted molar refractivity (Wildman–Crippen MR) is 71.2 cm³/mol. The summed E-state index contributed by atoms with van der Waals surface area (Å²) >= 11 is 1.65. The minimum Gasteiger partial charge on any atom is -0.313 e. The summed E-state index contributed by atoms with van der Waals surface area (Å²) < 4.78 is 0. The molecule has 1 atom stereocenters. The number of rotatable bonds is 5. The number of nitrogens with zero attached hydrogens (tertiary/aromatic N) is 2. The molecule has 2 rings (SSSR count). The predicted octanol–water partition coefficient (Wildman–Crippen LogP) is 1.43. The largest absolute Gasteiger partial charge is 0.313 e. The number of nitrogens with one attached hydrogen (secondary N) is 2. The average Bonchev–Trinajstić information content (AvgIpc) is 2.40. The van der Waals surface area contributed by atoms with E-state index in [0.29, 0.717) is 6.04 Å². The lowest BCUT2D eigenvalue weighted by Crippen LogP contribution is -2.41. The Hall–Kier alpha value is -0.650.